The zero-order valence-electron chi connectivity index (χ0n) is 21.4. The molecule has 0 atom stereocenters. The van der Waals surface area contributed by atoms with Crippen LogP contribution in [0.4, 0.5) is 0 Å². The van der Waals surface area contributed by atoms with Gasteiger partial charge in [-0.1, -0.05) is 139 Å². The summed E-state index contributed by atoms with van der Waals surface area (Å²) in [5.41, 5.74) is 0. The number of nitrogens with zero attached hydrogens (tertiary/aromatic N) is 1. The van der Waals surface area contributed by atoms with Crippen molar-refractivity contribution in [1.29, 1.82) is 0 Å². The molecule has 0 aromatic heterocycles. The molecule has 0 heterocycles. The zero-order valence-corrected chi connectivity index (χ0v) is 22.3. The summed E-state index contributed by atoms with van der Waals surface area (Å²) in [6, 6.07) is 20.3. The Labute approximate surface area is 204 Å². The number of rotatable bonds is 19. The van der Waals surface area contributed by atoms with E-state index in [1.807, 2.05) is 36.4 Å². The summed E-state index contributed by atoms with van der Waals surface area (Å²) in [5.74, 6) is 0. The smallest absolute Gasteiger partial charge is 0.144 e. The molecule has 0 bridgehead atoms. The standard InChI is InChI=1S/C30H48NOP/c1-3-5-7-9-11-19-25-31(26-20-12-10-8-6-4-2)27-28-33(32,29-21-15-13-16-22-29)30-23-17-14-18-24-30/h13-18,21-24H,3-12,19-20,25-28H2,1-2H3. The Bertz CT molecular complexity index is 702. The summed E-state index contributed by atoms with van der Waals surface area (Å²) < 4.78 is 14.4. The Balaban J connectivity index is 1.99. The molecule has 0 amide bonds. The first-order valence-corrected chi connectivity index (χ1v) is 15.5. The van der Waals surface area contributed by atoms with Crippen LogP contribution >= 0.6 is 7.14 Å². The van der Waals surface area contributed by atoms with Crippen LogP contribution in [0.25, 0.3) is 0 Å². The molecule has 3 heteroatoms. The average Bonchev–Trinajstić information content (AvgIpc) is 2.87. The molecule has 0 aliphatic heterocycles. The summed E-state index contributed by atoms with van der Waals surface area (Å²) in [6.07, 6.45) is 16.7. The van der Waals surface area contributed by atoms with E-state index in [0.29, 0.717) is 0 Å². The highest BCUT2D eigenvalue weighted by Crippen LogP contribution is 2.43. The SMILES string of the molecule is CCCCCCCCN(CCCCCCCC)CCP(=O)(c1ccccc1)c1ccccc1. The Morgan fingerprint density at radius 2 is 0.939 bits per heavy atom. The van der Waals surface area contributed by atoms with Crippen LogP contribution in [0.15, 0.2) is 60.7 Å². The molecule has 184 valence electrons. The number of benzene rings is 2. The first-order chi connectivity index (χ1) is 16.2. The van der Waals surface area contributed by atoms with Crippen molar-refractivity contribution in [3.63, 3.8) is 0 Å². The highest BCUT2D eigenvalue weighted by atomic mass is 31.2. The molecule has 0 fully saturated rings. The van der Waals surface area contributed by atoms with Gasteiger partial charge in [-0.3, -0.25) is 0 Å². The monoisotopic (exact) mass is 469 g/mol. The van der Waals surface area contributed by atoms with Gasteiger partial charge in [-0.05, 0) is 25.9 Å². The van der Waals surface area contributed by atoms with Gasteiger partial charge in [0.15, 0.2) is 0 Å². The largest absolute Gasteiger partial charge is 0.314 e. The van der Waals surface area contributed by atoms with Crippen LogP contribution in [0, 0.1) is 0 Å². The van der Waals surface area contributed by atoms with Crippen molar-refractivity contribution in [3.8, 4) is 0 Å². The third-order valence-electron chi connectivity index (χ3n) is 6.73. The van der Waals surface area contributed by atoms with E-state index in [1.54, 1.807) is 0 Å². The maximum absolute atomic E-state index is 14.4. The lowest BCUT2D eigenvalue weighted by Gasteiger charge is -2.26. The van der Waals surface area contributed by atoms with Crippen molar-refractivity contribution in [1.82, 2.24) is 4.90 Å². The quantitative estimate of drug-likeness (QED) is 0.153. The summed E-state index contributed by atoms with van der Waals surface area (Å²) in [4.78, 5) is 2.61. The zero-order chi connectivity index (χ0) is 23.6. The van der Waals surface area contributed by atoms with E-state index in [9.17, 15) is 4.57 Å². The number of hydrogen-bond acceptors (Lipinski definition) is 2. The van der Waals surface area contributed by atoms with Crippen molar-refractivity contribution in [2.24, 2.45) is 0 Å². The fourth-order valence-electron chi connectivity index (χ4n) is 4.59. The Kier molecular flexibility index (Phi) is 14.5. The van der Waals surface area contributed by atoms with Crippen LogP contribution in [0.2, 0.25) is 0 Å². The maximum atomic E-state index is 14.4. The summed E-state index contributed by atoms with van der Waals surface area (Å²) >= 11 is 0. The molecule has 0 aliphatic carbocycles. The van der Waals surface area contributed by atoms with Crippen LogP contribution < -0.4 is 10.6 Å². The van der Waals surface area contributed by atoms with E-state index in [1.165, 1.54) is 77.0 Å². The van der Waals surface area contributed by atoms with Gasteiger partial charge < -0.3 is 9.46 Å². The predicted octanol–water partition coefficient (Wildman–Crippen LogP) is 8.02. The van der Waals surface area contributed by atoms with E-state index >= 15 is 0 Å². The minimum Gasteiger partial charge on any atom is -0.314 e. The van der Waals surface area contributed by atoms with Crippen LogP contribution in [0.1, 0.15) is 90.9 Å². The summed E-state index contributed by atoms with van der Waals surface area (Å²) in [7, 11) is -2.63. The Hall–Kier alpha value is -1.37. The summed E-state index contributed by atoms with van der Waals surface area (Å²) in [6.45, 7) is 7.76. The lowest BCUT2D eigenvalue weighted by Crippen LogP contribution is -2.32. The molecule has 0 saturated carbocycles. The predicted molar refractivity (Wildman–Crippen MR) is 148 cm³/mol. The lowest BCUT2D eigenvalue weighted by molar-refractivity contribution is 0.274. The van der Waals surface area contributed by atoms with Gasteiger partial charge >= 0.3 is 0 Å². The van der Waals surface area contributed by atoms with Gasteiger partial charge in [0.1, 0.15) is 7.14 Å². The molecule has 2 nitrogen and oxygen atoms in total. The minimum atomic E-state index is -2.63. The van der Waals surface area contributed by atoms with Gasteiger partial charge in [0.2, 0.25) is 0 Å². The second-order valence-corrected chi connectivity index (χ2v) is 12.5. The van der Waals surface area contributed by atoms with E-state index in [4.69, 9.17) is 0 Å². The van der Waals surface area contributed by atoms with Crippen LogP contribution in [-0.2, 0) is 4.57 Å². The van der Waals surface area contributed by atoms with Crippen LogP contribution in [0.3, 0.4) is 0 Å². The van der Waals surface area contributed by atoms with Crippen molar-refractivity contribution in [2.45, 2.75) is 90.9 Å². The lowest BCUT2D eigenvalue weighted by atomic mass is 10.1. The normalized spacial score (nSPS) is 11.8. The average molecular weight is 470 g/mol. The first kappa shape index (κ1) is 27.9. The van der Waals surface area contributed by atoms with E-state index < -0.39 is 7.14 Å². The Morgan fingerprint density at radius 1 is 0.545 bits per heavy atom. The third kappa shape index (κ3) is 10.6. The molecule has 33 heavy (non-hydrogen) atoms. The minimum absolute atomic E-state index is 0.729. The molecule has 0 radical (unpaired) electrons. The maximum Gasteiger partial charge on any atom is 0.144 e. The van der Waals surface area contributed by atoms with Gasteiger partial charge in [-0.15, -0.1) is 0 Å². The Morgan fingerprint density at radius 3 is 1.36 bits per heavy atom. The highest BCUT2D eigenvalue weighted by Gasteiger charge is 2.27. The molecule has 2 aromatic carbocycles. The second-order valence-electron chi connectivity index (χ2n) is 9.51. The van der Waals surface area contributed by atoms with Crippen LogP contribution in [0.5, 0.6) is 0 Å². The van der Waals surface area contributed by atoms with Crippen molar-refractivity contribution < 1.29 is 4.57 Å². The molecule has 0 N–H and O–H groups in total. The summed E-state index contributed by atoms with van der Waals surface area (Å²) in [5, 5.41) is 1.99. The van der Waals surface area contributed by atoms with Crippen molar-refractivity contribution in [2.75, 3.05) is 25.8 Å². The third-order valence-corrected chi connectivity index (χ3v) is 9.83. The molecule has 2 aromatic rings. The van der Waals surface area contributed by atoms with E-state index in [0.717, 1.165) is 36.4 Å². The molecule has 0 unspecified atom stereocenters. The molecular formula is C30H48NOP. The van der Waals surface area contributed by atoms with E-state index in [-0.39, 0.29) is 0 Å². The van der Waals surface area contributed by atoms with Crippen molar-refractivity contribution >= 4 is 17.8 Å². The molecular weight excluding hydrogens is 421 g/mol. The highest BCUT2D eigenvalue weighted by molar-refractivity contribution is 7.78. The van der Waals surface area contributed by atoms with Gasteiger partial charge in [0, 0.05) is 23.3 Å². The molecule has 0 aliphatic rings. The topological polar surface area (TPSA) is 20.3 Å². The van der Waals surface area contributed by atoms with Crippen molar-refractivity contribution in [3.05, 3.63) is 60.7 Å². The fraction of sp³-hybridized carbons (Fsp3) is 0.600. The van der Waals surface area contributed by atoms with Gasteiger partial charge in [-0.25, -0.2) is 0 Å². The fourth-order valence-corrected chi connectivity index (χ4v) is 7.28. The van der Waals surface area contributed by atoms with Crippen LogP contribution in [-0.4, -0.2) is 30.7 Å². The molecule has 2 rings (SSSR count). The van der Waals surface area contributed by atoms with E-state index in [2.05, 4.69) is 43.0 Å². The second kappa shape index (κ2) is 17.1. The number of unbranched alkanes of at least 4 members (excludes halogenated alkanes) is 10. The van der Waals surface area contributed by atoms with Gasteiger partial charge in [-0.2, -0.15) is 0 Å². The molecule has 0 spiro atoms. The first-order valence-electron chi connectivity index (χ1n) is 13.6. The number of hydrogen-bond donors (Lipinski definition) is 0. The van der Waals surface area contributed by atoms with Gasteiger partial charge in [0.05, 0.1) is 0 Å². The molecule has 0 saturated heterocycles. The van der Waals surface area contributed by atoms with Gasteiger partial charge in [0.25, 0.3) is 0 Å².